The molecular formula is C19H17N5OS2. The maximum atomic E-state index is 12.7. The molecule has 4 heterocycles. The van der Waals surface area contributed by atoms with Gasteiger partial charge in [0.05, 0.1) is 11.1 Å². The van der Waals surface area contributed by atoms with Crippen molar-refractivity contribution in [2.75, 3.05) is 17.2 Å². The monoisotopic (exact) mass is 395 g/mol. The number of thiophene rings is 1. The SMILES string of the molecule is Cc1sc2ncn3c(SCC(=O)N4CCc5ccccc54)nnc3c2c1C. The van der Waals surface area contributed by atoms with Crippen LogP contribution in [-0.4, -0.2) is 37.8 Å². The lowest BCUT2D eigenvalue weighted by atomic mass is 10.2. The summed E-state index contributed by atoms with van der Waals surface area (Å²) >= 11 is 3.08. The van der Waals surface area contributed by atoms with Crippen molar-refractivity contribution < 1.29 is 4.79 Å². The zero-order chi connectivity index (χ0) is 18.5. The van der Waals surface area contributed by atoms with Crippen molar-refractivity contribution in [2.45, 2.75) is 25.4 Å². The van der Waals surface area contributed by atoms with E-state index in [1.54, 1.807) is 17.7 Å². The second-order valence-electron chi connectivity index (χ2n) is 6.60. The molecule has 0 N–H and O–H groups in total. The fourth-order valence-electron chi connectivity index (χ4n) is 3.52. The Morgan fingerprint density at radius 3 is 3.00 bits per heavy atom. The van der Waals surface area contributed by atoms with E-state index < -0.39 is 0 Å². The van der Waals surface area contributed by atoms with Crippen molar-refractivity contribution >= 4 is 50.6 Å². The Bertz CT molecular complexity index is 1200. The van der Waals surface area contributed by atoms with Gasteiger partial charge in [0.2, 0.25) is 5.91 Å². The van der Waals surface area contributed by atoms with Crippen LogP contribution < -0.4 is 4.90 Å². The molecule has 8 heteroatoms. The lowest BCUT2D eigenvalue weighted by molar-refractivity contribution is -0.116. The fraction of sp³-hybridized carbons (Fsp3) is 0.263. The molecule has 0 fully saturated rings. The molecule has 3 aromatic heterocycles. The summed E-state index contributed by atoms with van der Waals surface area (Å²) in [7, 11) is 0. The molecule has 1 aromatic carbocycles. The smallest absolute Gasteiger partial charge is 0.237 e. The summed E-state index contributed by atoms with van der Waals surface area (Å²) in [6.45, 7) is 4.93. The first-order valence-electron chi connectivity index (χ1n) is 8.74. The average Bonchev–Trinajstić information content (AvgIpc) is 3.36. The Morgan fingerprint density at radius 1 is 1.26 bits per heavy atom. The van der Waals surface area contributed by atoms with Crippen molar-refractivity contribution in [1.29, 1.82) is 0 Å². The molecule has 27 heavy (non-hydrogen) atoms. The van der Waals surface area contributed by atoms with Crippen LogP contribution in [0, 0.1) is 13.8 Å². The number of para-hydroxylation sites is 1. The molecule has 0 spiro atoms. The minimum Gasteiger partial charge on any atom is -0.311 e. The first kappa shape index (κ1) is 16.7. The summed E-state index contributed by atoms with van der Waals surface area (Å²) in [6.07, 6.45) is 2.67. The molecule has 0 radical (unpaired) electrons. The number of benzene rings is 1. The molecule has 0 atom stereocenters. The molecule has 0 aliphatic carbocycles. The van der Waals surface area contributed by atoms with Crippen LogP contribution in [-0.2, 0) is 11.2 Å². The minimum absolute atomic E-state index is 0.0956. The zero-order valence-electron chi connectivity index (χ0n) is 15.0. The number of anilines is 1. The molecule has 1 aliphatic heterocycles. The van der Waals surface area contributed by atoms with E-state index in [4.69, 9.17) is 0 Å². The van der Waals surface area contributed by atoms with Crippen LogP contribution in [0.25, 0.3) is 15.9 Å². The van der Waals surface area contributed by atoms with Gasteiger partial charge < -0.3 is 4.90 Å². The number of rotatable bonds is 3. The summed E-state index contributed by atoms with van der Waals surface area (Å²) in [6, 6.07) is 8.10. The van der Waals surface area contributed by atoms with Gasteiger partial charge in [0, 0.05) is 17.1 Å². The average molecular weight is 396 g/mol. The molecule has 5 rings (SSSR count). The van der Waals surface area contributed by atoms with Gasteiger partial charge in [-0.2, -0.15) is 0 Å². The summed E-state index contributed by atoms with van der Waals surface area (Å²) < 4.78 is 1.89. The molecule has 1 amide bonds. The maximum Gasteiger partial charge on any atom is 0.237 e. The van der Waals surface area contributed by atoms with Crippen molar-refractivity contribution in [2.24, 2.45) is 0 Å². The Labute approximate surface area is 164 Å². The number of thioether (sulfide) groups is 1. The first-order chi connectivity index (χ1) is 13.1. The van der Waals surface area contributed by atoms with Crippen molar-refractivity contribution in [1.82, 2.24) is 19.6 Å². The molecule has 136 valence electrons. The van der Waals surface area contributed by atoms with E-state index in [1.807, 2.05) is 27.5 Å². The number of hydrogen-bond acceptors (Lipinski definition) is 6. The molecule has 1 aliphatic rings. The van der Waals surface area contributed by atoms with Crippen molar-refractivity contribution in [3.8, 4) is 0 Å². The fourth-order valence-corrected chi connectivity index (χ4v) is 5.30. The molecule has 0 saturated carbocycles. The second kappa shape index (κ2) is 6.31. The van der Waals surface area contributed by atoms with Gasteiger partial charge in [-0.1, -0.05) is 30.0 Å². The highest BCUT2D eigenvalue weighted by molar-refractivity contribution is 7.99. The third kappa shape index (κ3) is 2.62. The summed E-state index contributed by atoms with van der Waals surface area (Å²) in [5, 5.41) is 10.4. The van der Waals surface area contributed by atoms with E-state index in [2.05, 4.69) is 35.1 Å². The highest BCUT2D eigenvalue weighted by Crippen LogP contribution is 2.32. The quantitative estimate of drug-likeness (QED) is 0.496. The van der Waals surface area contributed by atoms with Gasteiger partial charge in [0.15, 0.2) is 10.8 Å². The van der Waals surface area contributed by atoms with E-state index in [0.29, 0.717) is 10.9 Å². The maximum absolute atomic E-state index is 12.7. The number of amides is 1. The minimum atomic E-state index is 0.0956. The topological polar surface area (TPSA) is 63.4 Å². The second-order valence-corrected chi connectivity index (χ2v) is 8.74. The van der Waals surface area contributed by atoms with Gasteiger partial charge in [-0.15, -0.1) is 21.5 Å². The van der Waals surface area contributed by atoms with Crippen LogP contribution in [0.5, 0.6) is 0 Å². The predicted molar refractivity (Wildman–Crippen MR) is 109 cm³/mol. The Hall–Kier alpha value is -2.45. The Morgan fingerprint density at radius 2 is 2.11 bits per heavy atom. The number of nitrogens with zero attached hydrogens (tertiary/aromatic N) is 5. The highest BCUT2D eigenvalue weighted by atomic mass is 32.2. The summed E-state index contributed by atoms with van der Waals surface area (Å²) in [5.74, 6) is 0.424. The standard InChI is InChI=1S/C19H17N5OS2/c1-11-12(2)27-18-16(11)17-21-22-19(24(17)10-20-18)26-9-15(25)23-8-7-13-5-3-4-6-14(13)23/h3-6,10H,7-9H2,1-2H3. The molecule has 0 bridgehead atoms. The van der Waals surface area contributed by atoms with E-state index >= 15 is 0 Å². The zero-order valence-corrected chi connectivity index (χ0v) is 16.6. The number of aryl methyl sites for hydroxylation is 2. The van der Waals surface area contributed by atoms with E-state index in [-0.39, 0.29) is 5.91 Å². The Kier molecular flexibility index (Phi) is 3.91. The van der Waals surface area contributed by atoms with Gasteiger partial charge in [-0.05, 0) is 37.5 Å². The van der Waals surface area contributed by atoms with E-state index in [9.17, 15) is 4.79 Å². The van der Waals surface area contributed by atoms with Crippen LogP contribution in [0.4, 0.5) is 5.69 Å². The van der Waals surface area contributed by atoms with Crippen molar-refractivity contribution in [3.63, 3.8) is 0 Å². The molecule has 4 aromatic rings. The van der Waals surface area contributed by atoms with Gasteiger partial charge >= 0.3 is 0 Å². The largest absolute Gasteiger partial charge is 0.311 e. The number of aromatic nitrogens is 4. The predicted octanol–water partition coefficient (Wildman–Crippen LogP) is 3.64. The summed E-state index contributed by atoms with van der Waals surface area (Å²) in [4.78, 5) is 21.4. The third-order valence-corrected chi connectivity index (χ3v) is 7.10. The number of fused-ring (bicyclic) bond motifs is 4. The molecular weight excluding hydrogens is 378 g/mol. The van der Waals surface area contributed by atoms with Gasteiger partial charge in [0.25, 0.3) is 0 Å². The normalized spacial score (nSPS) is 13.6. The van der Waals surface area contributed by atoms with Gasteiger partial charge in [-0.3, -0.25) is 9.20 Å². The van der Waals surface area contributed by atoms with Crippen LogP contribution in [0.1, 0.15) is 16.0 Å². The summed E-state index contributed by atoms with van der Waals surface area (Å²) in [5.41, 5.74) is 4.27. The van der Waals surface area contributed by atoms with Gasteiger partial charge in [0.1, 0.15) is 11.2 Å². The molecule has 0 unspecified atom stereocenters. The lowest BCUT2D eigenvalue weighted by Crippen LogP contribution is -2.30. The van der Waals surface area contributed by atoms with Crippen LogP contribution in [0.3, 0.4) is 0 Å². The van der Waals surface area contributed by atoms with E-state index in [1.165, 1.54) is 27.8 Å². The van der Waals surface area contributed by atoms with E-state index in [0.717, 1.165) is 34.5 Å². The number of carbonyl (C=O) groups excluding carboxylic acids is 1. The van der Waals surface area contributed by atoms with Gasteiger partial charge in [-0.25, -0.2) is 4.98 Å². The Balaban J connectivity index is 1.41. The van der Waals surface area contributed by atoms with Crippen LogP contribution in [0.15, 0.2) is 35.7 Å². The number of carbonyl (C=O) groups is 1. The highest BCUT2D eigenvalue weighted by Gasteiger charge is 2.24. The molecule has 6 nitrogen and oxygen atoms in total. The van der Waals surface area contributed by atoms with Crippen molar-refractivity contribution in [3.05, 3.63) is 46.6 Å². The molecule has 0 saturated heterocycles. The first-order valence-corrected chi connectivity index (χ1v) is 10.5. The van der Waals surface area contributed by atoms with Crippen LogP contribution in [0.2, 0.25) is 0 Å². The number of hydrogen-bond donors (Lipinski definition) is 0. The third-order valence-electron chi connectivity index (χ3n) is 5.06. The van der Waals surface area contributed by atoms with Crippen LogP contribution >= 0.6 is 23.1 Å². The lowest BCUT2D eigenvalue weighted by Gasteiger charge is -2.16.